The number of carbonyl (C=O) groups excluding carboxylic acids is 1. The summed E-state index contributed by atoms with van der Waals surface area (Å²) < 4.78 is 0. The fourth-order valence-corrected chi connectivity index (χ4v) is 1.19. The number of nitrogens with zero attached hydrogens (tertiary/aromatic N) is 2. The van der Waals surface area contributed by atoms with Gasteiger partial charge in [0.2, 0.25) is 0 Å². The van der Waals surface area contributed by atoms with Gasteiger partial charge in [-0.15, -0.1) is 6.58 Å². The number of nitrogens with one attached hydrogen (secondary N) is 1. The predicted octanol–water partition coefficient (Wildman–Crippen LogP) is 0.626. The van der Waals surface area contributed by atoms with Gasteiger partial charge in [0.05, 0.1) is 6.20 Å². The second-order valence-corrected chi connectivity index (χ2v) is 3.32. The Morgan fingerprint density at radius 1 is 1.53 bits per heavy atom. The minimum absolute atomic E-state index is 0.0948. The van der Waals surface area contributed by atoms with E-state index in [0.717, 1.165) is 0 Å². The van der Waals surface area contributed by atoms with Crippen LogP contribution in [0.1, 0.15) is 23.3 Å². The number of carboxylic acids is 1. The number of carbonyl (C=O) groups is 2. The highest BCUT2D eigenvalue weighted by molar-refractivity contribution is 5.94. The molecule has 90 valence electrons. The Morgan fingerprint density at radius 3 is 2.82 bits per heavy atom. The third-order valence-corrected chi connectivity index (χ3v) is 2.06. The van der Waals surface area contributed by atoms with Crippen LogP contribution in [0, 0.1) is 0 Å². The molecule has 0 aromatic carbocycles. The topological polar surface area (TPSA) is 92.2 Å². The summed E-state index contributed by atoms with van der Waals surface area (Å²) in [6.45, 7) is 3.50. The number of aromatic nitrogens is 2. The van der Waals surface area contributed by atoms with E-state index in [4.69, 9.17) is 5.11 Å². The molecule has 0 saturated carbocycles. The lowest BCUT2D eigenvalue weighted by atomic mass is 10.1. The molecular weight excluding hydrogens is 222 g/mol. The van der Waals surface area contributed by atoms with E-state index in [0.29, 0.717) is 12.8 Å². The lowest BCUT2D eigenvalue weighted by Crippen LogP contribution is -2.41. The maximum atomic E-state index is 11.6. The molecular formula is C11H13N3O3. The lowest BCUT2D eigenvalue weighted by molar-refractivity contribution is -0.139. The Labute approximate surface area is 98.4 Å². The van der Waals surface area contributed by atoms with Crippen molar-refractivity contribution in [2.24, 2.45) is 0 Å². The standard InChI is InChI=1S/C11H13N3O3/c1-2-3-4-8(11(16)17)14-10(15)9-7-12-5-6-13-9/h2,5-8H,1,3-4H2,(H,14,15)(H,16,17). The van der Waals surface area contributed by atoms with Crippen LogP contribution in [-0.2, 0) is 4.79 Å². The van der Waals surface area contributed by atoms with Crippen LogP contribution in [0.15, 0.2) is 31.2 Å². The van der Waals surface area contributed by atoms with Crippen molar-refractivity contribution in [3.63, 3.8) is 0 Å². The molecule has 0 aliphatic carbocycles. The second-order valence-electron chi connectivity index (χ2n) is 3.32. The van der Waals surface area contributed by atoms with Gasteiger partial charge >= 0.3 is 5.97 Å². The molecule has 1 aromatic rings. The second kappa shape index (κ2) is 6.37. The summed E-state index contributed by atoms with van der Waals surface area (Å²) in [5.41, 5.74) is 0.0948. The molecule has 6 nitrogen and oxygen atoms in total. The van der Waals surface area contributed by atoms with E-state index in [9.17, 15) is 9.59 Å². The van der Waals surface area contributed by atoms with E-state index in [1.54, 1.807) is 6.08 Å². The molecule has 1 heterocycles. The number of hydrogen-bond acceptors (Lipinski definition) is 4. The largest absolute Gasteiger partial charge is 0.480 e. The fraction of sp³-hybridized carbons (Fsp3) is 0.273. The average molecular weight is 235 g/mol. The third-order valence-electron chi connectivity index (χ3n) is 2.06. The van der Waals surface area contributed by atoms with Gasteiger partial charge in [-0.3, -0.25) is 9.78 Å². The van der Waals surface area contributed by atoms with Crippen molar-refractivity contribution in [1.82, 2.24) is 15.3 Å². The predicted molar refractivity (Wildman–Crippen MR) is 60.4 cm³/mol. The smallest absolute Gasteiger partial charge is 0.326 e. The van der Waals surface area contributed by atoms with Gasteiger partial charge in [-0.2, -0.15) is 0 Å². The maximum Gasteiger partial charge on any atom is 0.326 e. The Balaban J connectivity index is 2.64. The number of rotatable bonds is 6. The first kappa shape index (κ1) is 12.8. The molecule has 2 N–H and O–H groups in total. The van der Waals surface area contributed by atoms with Crippen molar-refractivity contribution in [3.8, 4) is 0 Å². The molecule has 1 rings (SSSR count). The fourth-order valence-electron chi connectivity index (χ4n) is 1.19. The third kappa shape index (κ3) is 4.02. The van der Waals surface area contributed by atoms with Crippen molar-refractivity contribution in [1.29, 1.82) is 0 Å². The zero-order valence-electron chi connectivity index (χ0n) is 9.17. The first-order valence-corrected chi connectivity index (χ1v) is 5.05. The summed E-state index contributed by atoms with van der Waals surface area (Å²) in [6, 6.07) is -0.942. The van der Waals surface area contributed by atoms with Gasteiger partial charge in [0.25, 0.3) is 5.91 Å². The van der Waals surface area contributed by atoms with Crippen molar-refractivity contribution in [2.45, 2.75) is 18.9 Å². The lowest BCUT2D eigenvalue weighted by Gasteiger charge is -2.12. The average Bonchev–Trinajstić information content (AvgIpc) is 2.35. The minimum Gasteiger partial charge on any atom is -0.480 e. The zero-order valence-corrected chi connectivity index (χ0v) is 9.17. The van der Waals surface area contributed by atoms with Crippen molar-refractivity contribution < 1.29 is 14.7 Å². The van der Waals surface area contributed by atoms with Gasteiger partial charge < -0.3 is 10.4 Å². The summed E-state index contributed by atoms with van der Waals surface area (Å²) >= 11 is 0. The van der Waals surface area contributed by atoms with Crippen molar-refractivity contribution in [3.05, 3.63) is 36.9 Å². The molecule has 0 saturated heterocycles. The molecule has 0 aliphatic heterocycles. The number of carboxylic acid groups (broad SMARTS) is 1. The Bertz CT molecular complexity index is 406. The maximum absolute atomic E-state index is 11.6. The summed E-state index contributed by atoms with van der Waals surface area (Å²) in [5.74, 6) is -1.63. The van der Waals surface area contributed by atoms with Crippen LogP contribution in [0.5, 0.6) is 0 Å². The molecule has 0 bridgehead atoms. The number of amides is 1. The van der Waals surface area contributed by atoms with E-state index in [1.807, 2.05) is 0 Å². The molecule has 1 amide bonds. The van der Waals surface area contributed by atoms with Crippen LogP contribution in [0.25, 0.3) is 0 Å². The zero-order chi connectivity index (χ0) is 12.7. The first-order valence-electron chi connectivity index (χ1n) is 5.05. The van der Waals surface area contributed by atoms with E-state index in [1.165, 1.54) is 18.6 Å². The molecule has 1 atom stereocenters. The molecule has 0 aliphatic rings. The normalized spacial score (nSPS) is 11.5. The highest BCUT2D eigenvalue weighted by Crippen LogP contribution is 2.00. The van der Waals surface area contributed by atoms with Gasteiger partial charge in [0.15, 0.2) is 0 Å². The van der Waals surface area contributed by atoms with Gasteiger partial charge in [-0.25, -0.2) is 9.78 Å². The van der Waals surface area contributed by atoms with Crippen LogP contribution >= 0.6 is 0 Å². The molecule has 0 spiro atoms. The highest BCUT2D eigenvalue weighted by Gasteiger charge is 2.20. The summed E-state index contributed by atoms with van der Waals surface area (Å²) in [7, 11) is 0. The quantitative estimate of drug-likeness (QED) is 0.705. The summed E-state index contributed by atoms with van der Waals surface area (Å²) in [4.78, 5) is 30.0. The number of hydrogen-bond donors (Lipinski definition) is 2. The molecule has 0 radical (unpaired) electrons. The van der Waals surface area contributed by atoms with Crippen molar-refractivity contribution in [2.75, 3.05) is 0 Å². The molecule has 1 unspecified atom stereocenters. The number of allylic oxidation sites excluding steroid dienone is 1. The Hall–Kier alpha value is -2.24. The monoisotopic (exact) mass is 235 g/mol. The van der Waals surface area contributed by atoms with Crippen LogP contribution in [-0.4, -0.2) is 33.0 Å². The summed E-state index contributed by atoms with van der Waals surface area (Å²) in [6.07, 6.45) is 6.49. The van der Waals surface area contributed by atoms with Crippen LogP contribution in [0.2, 0.25) is 0 Å². The summed E-state index contributed by atoms with van der Waals surface area (Å²) in [5, 5.41) is 11.3. The molecule has 17 heavy (non-hydrogen) atoms. The molecule has 6 heteroatoms. The van der Waals surface area contributed by atoms with Gasteiger partial charge in [0, 0.05) is 12.4 Å². The highest BCUT2D eigenvalue weighted by atomic mass is 16.4. The van der Waals surface area contributed by atoms with E-state index in [-0.39, 0.29) is 5.69 Å². The number of aliphatic carboxylic acids is 1. The first-order chi connectivity index (χ1) is 8.15. The van der Waals surface area contributed by atoms with E-state index in [2.05, 4.69) is 21.9 Å². The van der Waals surface area contributed by atoms with Crippen molar-refractivity contribution >= 4 is 11.9 Å². The molecule has 1 aromatic heterocycles. The SMILES string of the molecule is C=CCCC(NC(=O)c1cnccn1)C(=O)O. The van der Waals surface area contributed by atoms with Crippen LogP contribution in [0.3, 0.4) is 0 Å². The van der Waals surface area contributed by atoms with Gasteiger partial charge in [-0.05, 0) is 12.8 Å². The van der Waals surface area contributed by atoms with Gasteiger partial charge in [-0.1, -0.05) is 6.08 Å². The minimum atomic E-state index is -1.08. The van der Waals surface area contributed by atoms with Crippen LogP contribution in [0.4, 0.5) is 0 Å². The Morgan fingerprint density at radius 2 is 2.29 bits per heavy atom. The Kier molecular flexibility index (Phi) is 4.80. The van der Waals surface area contributed by atoms with Crippen LogP contribution < -0.4 is 5.32 Å². The van der Waals surface area contributed by atoms with E-state index >= 15 is 0 Å². The van der Waals surface area contributed by atoms with Gasteiger partial charge in [0.1, 0.15) is 11.7 Å². The molecule has 0 fully saturated rings. The van der Waals surface area contributed by atoms with E-state index < -0.39 is 17.9 Å².